The van der Waals surface area contributed by atoms with Crippen molar-refractivity contribution < 1.29 is 0 Å². The molecule has 0 amide bonds. The number of aromatic amines is 1. The maximum absolute atomic E-state index is 4.58. The average Bonchev–Trinajstić information content (AvgIpc) is 2.82. The number of thioether (sulfide) groups is 1. The summed E-state index contributed by atoms with van der Waals surface area (Å²) >= 11 is 1.90. The Morgan fingerprint density at radius 2 is 2.27 bits per heavy atom. The third-order valence-electron chi connectivity index (χ3n) is 2.59. The topological polar surface area (TPSA) is 28.7 Å². The summed E-state index contributed by atoms with van der Waals surface area (Å²) < 4.78 is 0. The highest BCUT2D eigenvalue weighted by atomic mass is 32.2. The van der Waals surface area contributed by atoms with Gasteiger partial charge in [0.1, 0.15) is 5.82 Å². The fourth-order valence-electron chi connectivity index (χ4n) is 1.81. The van der Waals surface area contributed by atoms with Crippen LogP contribution in [0, 0.1) is 0 Å². The number of imidazole rings is 1. The summed E-state index contributed by atoms with van der Waals surface area (Å²) in [6, 6.07) is 8.16. The first kappa shape index (κ1) is 9.04. The number of nitrogens with one attached hydrogen (secondary N) is 1. The maximum Gasteiger partial charge on any atom is 0.144 e. The summed E-state index contributed by atoms with van der Waals surface area (Å²) in [4.78, 5) is 9.23. The second-order valence-corrected chi connectivity index (χ2v) is 5.32. The standard InChI is InChI=1S/C12H12N2S/c1-8-6-7-11(15-8)12-13-9-4-2-3-5-10(9)14-12/h2-5,7-8H,6H2,1H3,(H,13,14). The van der Waals surface area contributed by atoms with Crippen molar-refractivity contribution in [1.82, 2.24) is 9.97 Å². The molecule has 3 rings (SSSR count). The second kappa shape index (κ2) is 3.42. The van der Waals surface area contributed by atoms with Crippen LogP contribution in [0.25, 0.3) is 15.9 Å². The number of fused-ring (bicyclic) bond motifs is 1. The molecule has 0 saturated carbocycles. The molecule has 1 atom stereocenters. The summed E-state index contributed by atoms with van der Waals surface area (Å²) in [6.45, 7) is 2.25. The molecule has 0 aliphatic carbocycles. The zero-order valence-corrected chi connectivity index (χ0v) is 9.34. The lowest BCUT2D eigenvalue weighted by Crippen LogP contribution is -1.85. The minimum atomic E-state index is 0.688. The highest BCUT2D eigenvalue weighted by molar-refractivity contribution is 8.09. The van der Waals surface area contributed by atoms with Crippen molar-refractivity contribution in [1.29, 1.82) is 0 Å². The van der Waals surface area contributed by atoms with E-state index in [9.17, 15) is 0 Å². The molecule has 0 saturated heterocycles. The van der Waals surface area contributed by atoms with Crippen LogP contribution in [-0.4, -0.2) is 15.2 Å². The normalized spacial score (nSPS) is 20.9. The van der Waals surface area contributed by atoms with Crippen molar-refractivity contribution >= 4 is 27.7 Å². The Kier molecular flexibility index (Phi) is 2.06. The first-order valence-corrected chi connectivity index (χ1v) is 6.03. The summed E-state index contributed by atoms with van der Waals surface area (Å²) in [6.07, 6.45) is 3.42. The van der Waals surface area contributed by atoms with Gasteiger partial charge in [-0.15, -0.1) is 11.8 Å². The zero-order valence-electron chi connectivity index (χ0n) is 8.53. The lowest BCUT2D eigenvalue weighted by Gasteiger charge is -1.99. The maximum atomic E-state index is 4.58. The van der Waals surface area contributed by atoms with Crippen molar-refractivity contribution in [3.8, 4) is 0 Å². The van der Waals surface area contributed by atoms with Crippen LogP contribution < -0.4 is 0 Å². The van der Waals surface area contributed by atoms with Gasteiger partial charge in [0.25, 0.3) is 0 Å². The lowest BCUT2D eigenvalue weighted by atomic mass is 10.3. The van der Waals surface area contributed by atoms with E-state index in [1.807, 2.05) is 30.0 Å². The Morgan fingerprint density at radius 1 is 1.40 bits per heavy atom. The Hall–Kier alpha value is -1.22. The van der Waals surface area contributed by atoms with Crippen LogP contribution in [0.2, 0.25) is 0 Å². The molecule has 76 valence electrons. The van der Waals surface area contributed by atoms with Crippen molar-refractivity contribution in [3.05, 3.63) is 36.2 Å². The van der Waals surface area contributed by atoms with E-state index >= 15 is 0 Å². The molecule has 2 aromatic rings. The Balaban J connectivity index is 2.05. The molecule has 0 radical (unpaired) electrons. The first-order chi connectivity index (χ1) is 7.33. The van der Waals surface area contributed by atoms with E-state index in [-0.39, 0.29) is 0 Å². The summed E-state index contributed by atoms with van der Waals surface area (Å²) in [7, 11) is 0. The van der Waals surface area contributed by atoms with E-state index in [0.29, 0.717) is 5.25 Å². The number of aromatic nitrogens is 2. The van der Waals surface area contributed by atoms with E-state index in [0.717, 1.165) is 23.3 Å². The Bertz CT molecular complexity index is 494. The summed E-state index contributed by atoms with van der Waals surface area (Å²) in [5, 5.41) is 0.688. The Labute approximate surface area is 92.8 Å². The van der Waals surface area contributed by atoms with Gasteiger partial charge in [-0.05, 0) is 18.6 Å². The largest absolute Gasteiger partial charge is 0.338 e. The number of hydrogen-bond acceptors (Lipinski definition) is 2. The molecule has 15 heavy (non-hydrogen) atoms. The fourth-order valence-corrected chi connectivity index (χ4v) is 2.83. The van der Waals surface area contributed by atoms with Gasteiger partial charge < -0.3 is 4.98 Å². The molecular weight excluding hydrogens is 204 g/mol. The summed E-state index contributed by atoms with van der Waals surface area (Å²) in [5.74, 6) is 1.02. The molecule has 0 spiro atoms. The minimum Gasteiger partial charge on any atom is -0.338 e. The molecule has 1 unspecified atom stereocenters. The molecule has 2 nitrogen and oxygen atoms in total. The van der Waals surface area contributed by atoms with Gasteiger partial charge in [-0.2, -0.15) is 0 Å². The first-order valence-electron chi connectivity index (χ1n) is 5.15. The predicted molar refractivity (Wildman–Crippen MR) is 65.7 cm³/mol. The third kappa shape index (κ3) is 1.57. The molecule has 1 aliphatic rings. The zero-order chi connectivity index (χ0) is 10.3. The second-order valence-electron chi connectivity index (χ2n) is 3.84. The number of nitrogens with zero attached hydrogens (tertiary/aromatic N) is 1. The fraction of sp³-hybridized carbons (Fsp3) is 0.250. The monoisotopic (exact) mass is 216 g/mol. The van der Waals surface area contributed by atoms with Gasteiger partial charge >= 0.3 is 0 Å². The quantitative estimate of drug-likeness (QED) is 0.791. The van der Waals surface area contributed by atoms with Crippen molar-refractivity contribution in [2.45, 2.75) is 18.6 Å². The number of benzene rings is 1. The molecule has 1 aromatic carbocycles. The molecule has 0 bridgehead atoms. The number of allylic oxidation sites excluding steroid dienone is 1. The van der Waals surface area contributed by atoms with Crippen LogP contribution in [0.1, 0.15) is 19.2 Å². The van der Waals surface area contributed by atoms with Gasteiger partial charge in [-0.1, -0.05) is 25.1 Å². The van der Waals surface area contributed by atoms with Crippen LogP contribution in [0.15, 0.2) is 30.3 Å². The smallest absolute Gasteiger partial charge is 0.144 e. The van der Waals surface area contributed by atoms with Gasteiger partial charge in [-0.25, -0.2) is 4.98 Å². The number of para-hydroxylation sites is 2. The number of hydrogen-bond donors (Lipinski definition) is 1. The van der Waals surface area contributed by atoms with Crippen LogP contribution in [-0.2, 0) is 0 Å². The van der Waals surface area contributed by atoms with Crippen LogP contribution >= 0.6 is 11.8 Å². The molecule has 2 heterocycles. The third-order valence-corrected chi connectivity index (χ3v) is 3.79. The highest BCUT2D eigenvalue weighted by Crippen LogP contribution is 2.38. The van der Waals surface area contributed by atoms with Gasteiger partial charge in [0.15, 0.2) is 0 Å². The van der Waals surface area contributed by atoms with Crippen molar-refractivity contribution in [3.63, 3.8) is 0 Å². The van der Waals surface area contributed by atoms with E-state index in [2.05, 4.69) is 29.0 Å². The number of rotatable bonds is 1. The number of H-pyrrole nitrogens is 1. The van der Waals surface area contributed by atoms with Crippen molar-refractivity contribution in [2.24, 2.45) is 0 Å². The molecular formula is C12H12N2S. The van der Waals surface area contributed by atoms with Gasteiger partial charge in [0.2, 0.25) is 0 Å². The molecule has 3 heteroatoms. The van der Waals surface area contributed by atoms with Crippen LogP contribution in [0.3, 0.4) is 0 Å². The van der Waals surface area contributed by atoms with Crippen LogP contribution in [0.4, 0.5) is 0 Å². The van der Waals surface area contributed by atoms with Gasteiger partial charge in [-0.3, -0.25) is 0 Å². The van der Waals surface area contributed by atoms with E-state index in [1.165, 1.54) is 4.91 Å². The van der Waals surface area contributed by atoms with Crippen molar-refractivity contribution in [2.75, 3.05) is 0 Å². The van der Waals surface area contributed by atoms with E-state index in [4.69, 9.17) is 0 Å². The van der Waals surface area contributed by atoms with E-state index < -0.39 is 0 Å². The van der Waals surface area contributed by atoms with Crippen LogP contribution in [0.5, 0.6) is 0 Å². The SMILES string of the molecule is CC1CC=C(c2nc3ccccc3[nH]2)S1. The lowest BCUT2D eigenvalue weighted by molar-refractivity contribution is 1.00. The van der Waals surface area contributed by atoms with Gasteiger partial charge in [0.05, 0.1) is 11.0 Å². The molecule has 1 aromatic heterocycles. The molecule has 0 fully saturated rings. The summed E-state index contributed by atoms with van der Waals surface area (Å²) in [5.41, 5.74) is 2.17. The minimum absolute atomic E-state index is 0.688. The molecule has 1 aliphatic heterocycles. The predicted octanol–water partition coefficient (Wildman–Crippen LogP) is 3.43. The average molecular weight is 216 g/mol. The van der Waals surface area contributed by atoms with E-state index in [1.54, 1.807) is 0 Å². The Morgan fingerprint density at radius 3 is 3.00 bits per heavy atom. The molecule has 1 N–H and O–H groups in total. The van der Waals surface area contributed by atoms with Gasteiger partial charge in [0, 0.05) is 10.2 Å². The highest BCUT2D eigenvalue weighted by Gasteiger charge is 2.17.